The van der Waals surface area contributed by atoms with Crippen LogP contribution in [0.3, 0.4) is 0 Å². The third kappa shape index (κ3) is 6.93. The molecule has 0 saturated carbocycles. The van der Waals surface area contributed by atoms with Crippen LogP contribution in [0, 0.1) is 0 Å². The van der Waals surface area contributed by atoms with Crippen LogP contribution >= 0.6 is 0 Å². The maximum absolute atomic E-state index is 9.75. The van der Waals surface area contributed by atoms with Gasteiger partial charge in [0.25, 0.3) is 0 Å². The van der Waals surface area contributed by atoms with E-state index in [1.807, 2.05) is 0 Å². The van der Waals surface area contributed by atoms with Crippen molar-refractivity contribution in [3.8, 4) is 0 Å². The Hall–Kier alpha value is -3.82. The van der Waals surface area contributed by atoms with Crippen LogP contribution in [0.25, 0.3) is 5.57 Å². The Morgan fingerprint density at radius 1 is 0.421 bits per heavy atom. The molecule has 0 heterocycles. The van der Waals surface area contributed by atoms with Gasteiger partial charge in [0.05, 0.1) is 0 Å². The van der Waals surface area contributed by atoms with E-state index in [9.17, 15) is 17.3 Å². The summed E-state index contributed by atoms with van der Waals surface area (Å²) in [5.74, 6) is 0. The zero-order valence-electron chi connectivity index (χ0n) is 20.5. The first-order valence-corrected chi connectivity index (χ1v) is 16.0. The van der Waals surface area contributed by atoms with Crippen molar-refractivity contribution in [1.82, 2.24) is 0 Å². The van der Waals surface area contributed by atoms with Crippen LogP contribution in [0.1, 0.15) is 11.1 Å². The fraction of sp³-hybridized carbons (Fsp3) is 0. The molecular formula is C32H26AsBF4. The van der Waals surface area contributed by atoms with E-state index >= 15 is 0 Å². The molecule has 0 bridgehead atoms. The van der Waals surface area contributed by atoms with Crippen molar-refractivity contribution in [2.24, 2.45) is 0 Å². The fourth-order valence-electron chi connectivity index (χ4n) is 4.41. The van der Waals surface area contributed by atoms with Crippen LogP contribution in [0.5, 0.6) is 0 Å². The maximum atomic E-state index is 9.75. The van der Waals surface area contributed by atoms with Crippen LogP contribution in [-0.2, 0) is 0 Å². The van der Waals surface area contributed by atoms with E-state index in [2.05, 4.69) is 157 Å². The van der Waals surface area contributed by atoms with E-state index < -0.39 is 20.8 Å². The molecule has 0 N–H and O–H groups in total. The van der Waals surface area contributed by atoms with Gasteiger partial charge in [0, 0.05) is 0 Å². The summed E-state index contributed by atoms with van der Waals surface area (Å²) < 4.78 is 43.2. The molecule has 6 heteroatoms. The van der Waals surface area contributed by atoms with Crippen molar-refractivity contribution in [3.05, 3.63) is 168 Å². The van der Waals surface area contributed by atoms with Crippen LogP contribution in [-0.4, -0.2) is 20.8 Å². The van der Waals surface area contributed by atoms with Gasteiger partial charge >= 0.3 is 207 Å². The largest absolute Gasteiger partial charge is 0.673 e. The van der Waals surface area contributed by atoms with Crippen molar-refractivity contribution < 1.29 is 17.3 Å². The van der Waals surface area contributed by atoms with E-state index in [0.717, 1.165) is 0 Å². The SMILES string of the molecule is C(=C(c1ccccc1)c1ccccc1)[As+](c1ccccc1)(c1ccccc1)c1ccccc1.F[B-](F)(F)F. The molecule has 38 heavy (non-hydrogen) atoms. The van der Waals surface area contributed by atoms with E-state index in [0.29, 0.717) is 0 Å². The molecule has 0 nitrogen and oxygen atoms in total. The molecule has 0 unspecified atom stereocenters. The topological polar surface area (TPSA) is 0 Å². The first-order chi connectivity index (χ1) is 18.4. The Kier molecular flexibility index (Phi) is 9.04. The molecule has 0 aliphatic heterocycles. The van der Waals surface area contributed by atoms with Gasteiger partial charge in [-0.3, -0.25) is 0 Å². The van der Waals surface area contributed by atoms with Gasteiger partial charge in [-0.25, -0.2) is 0 Å². The van der Waals surface area contributed by atoms with Gasteiger partial charge in [-0.1, -0.05) is 0 Å². The molecule has 190 valence electrons. The summed E-state index contributed by atoms with van der Waals surface area (Å²) in [6.45, 7) is 0. The van der Waals surface area contributed by atoms with Crippen LogP contribution < -0.4 is 13.1 Å². The van der Waals surface area contributed by atoms with Crippen molar-refractivity contribution >= 4 is 39.4 Å². The first kappa shape index (κ1) is 27.2. The van der Waals surface area contributed by atoms with E-state index in [-0.39, 0.29) is 0 Å². The zero-order valence-corrected chi connectivity index (χ0v) is 22.4. The van der Waals surface area contributed by atoms with Gasteiger partial charge in [0.1, 0.15) is 0 Å². The Balaban J connectivity index is 0.000000617. The van der Waals surface area contributed by atoms with E-state index in [1.165, 1.54) is 29.8 Å². The summed E-state index contributed by atoms with van der Waals surface area (Å²) in [6.07, 6.45) is 0. The van der Waals surface area contributed by atoms with Gasteiger partial charge in [-0.15, -0.1) is 0 Å². The molecule has 5 rings (SSSR count). The van der Waals surface area contributed by atoms with Crippen LogP contribution in [0.4, 0.5) is 17.3 Å². The van der Waals surface area contributed by atoms with Gasteiger partial charge in [-0.05, 0) is 0 Å². The molecule has 0 fully saturated rings. The van der Waals surface area contributed by atoms with Crippen molar-refractivity contribution in [2.45, 2.75) is 0 Å². The Morgan fingerprint density at radius 3 is 0.921 bits per heavy atom. The zero-order chi connectivity index (χ0) is 26.8. The summed E-state index contributed by atoms with van der Waals surface area (Å²) in [6, 6.07) is 54.9. The van der Waals surface area contributed by atoms with Crippen LogP contribution in [0.2, 0.25) is 0 Å². The average Bonchev–Trinajstić information content (AvgIpc) is 2.95. The van der Waals surface area contributed by atoms with Gasteiger partial charge < -0.3 is 17.3 Å². The predicted molar refractivity (Wildman–Crippen MR) is 154 cm³/mol. The summed E-state index contributed by atoms with van der Waals surface area (Å²) in [5.41, 5.74) is 3.79. The van der Waals surface area contributed by atoms with Crippen molar-refractivity contribution in [3.63, 3.8) is 0 Å². The molecule has 0 aliphatic carbocycles. The predicted octanol–water partition coefficient (Wildman–Crippen LogP) is 7.13. The molecule has 0 aromatic heterocycles. The molecule has 0 saturated heterocycles. The standard InChI is InChI=1S/C32H26As.BF4/c1-6-16-27(17-7-1)32(28-18-8-2-9-19-28)26-33(29-20-10-3-11-21-29,30-22-12-4-13-23-30)31-24-14-5-15-25-31;2-1(3,4)5/h1-26H;/q+1;-1. The normalized spacial score (nSPS) is 11.2. The van der Waals surface area contributed by atoms with E-state index in [1.54, 1.807) is 0 Å². The summed E-state index contributed by atoms with van der Waals surface area (Å²) >= 11 is -3.00. The number of rotatable bonds is 6. The summed E-state index contributed by atoms with van der Waals surface area (Å²) in [7, 11) is -6.00. The second-order valence-corrected chi connectivity index (χ2v) is 15.3. The third-order valence-electron chi connectivity index (χ3n) is 5.98. The minimum atomic E-state index is -6.00. The quantitative estimate of drug-likeness (QED) is 0.150. The Labute approximate surface area is 223 Å². The van der Waals surface area contributed by atoms with Gasteiger partial charge in [-0.2, -0.15) is 0 Å². The maximum Gasteiger partial charge on any atom is 0.673 e. The Bertz CT molecular complexity index is 1280. The number of hydrogen-bond acceptors (Lipinski definition) is 0. The second-order valence-electron chi connectivity index (χ2n) is 8.50. The molecule has 0 amide bonds. The van der Waals surface area contributed by atoms with Gasteiger partial charge in [0.15, 0.2) is 0 Å². The first-order valence-electron chi connectivity index (χ1n) is 12.1. The molecule has 0 aliphatic rings. The molecule has 5 aromatic carbocycles. The monoisotopic (exact) mass is 572 g/mol. The summed E-state index contributed by atoms with van der Waals surface area (Å²) in [5, 5.41) is 0. The van der Waals surface area contributed by atoms with Crippen molar-refractivity contribution in [1.29, 1.82) is 0 Å². The molecule has 0 spiro atoms. The van der Waals surface area contributed by atoms with Crippen molar-refractivity contribution in [2.75, 3.05) is 0 Å². The third-order valence-corrected chi connectivity index (χ3v) is 14.3. The molecule has 0 radical (unpaired) electrons. The molecular weight excluding hydrogens is 546 g/mol. The number of benzene rings is 5. The number of halogens is 4. The smallest absolute Gasteiger partial charge is 0.418 e. The molecule has 5 aromatic rings. The van der Waals surface area contributed by atoms with Crippen LogP contribution in [0.15, 0.2) is 157 Å². The van der Waals surface area contributed by atoms with Gasteiger partial charge in [0.2, 0.25) is 0 Å². The molecule has 0 atom stereocenters. The fourth-order valence-corrected chi connectivity index (χ4v) is 12.7. The summed E-state index contributed by atoms with van der Waals surface area (Å²) in [4.78, 5) is 2.63. The second kappa shape index (κ2) is 12.6. The number of hydrogen-bond donors (Lipinski definition) is 0. The minimum absolute atomic E-state index is 1.25. The Morgan fingerprint density at radius 2 is 0.658 bits per heavy atom. The van der Waals surface area contributed by atoms with E-state index in [4.69, 9.17) is 0 Å². The average molecular weight is 572 g/mol. The minimum Gasteiger partial charge on any atom is -0.418 e.